The molecule has 1 aromatic rings. The summed E-state index contributed by atoms with van der Waals surface area (Å²) in [4.78, 5) is 6.68. The van der Waals surface area contributed by atoms with E-state index in [1.54, 1.807) is 5.57 Å². The fourth-order valence-electron chi connectivity index (χ4n) is 6.95. The molecule has 2 aliphatic heterocycles. The summed E-state index contributed by atoms with van der Waals surface area (Å²) in [5.41, 5.74) is 4.39. The van der Waals surface area contributed by atoms with Crippen LogP contribution in [-0.2, 0) is 11.3 Å². The second-order valence-corrected chi connectivity index (χ2v) is 10.9. The predicted molar refractivity (Wildman–Crippen MR) is 130 cm³/mol. The zero-order valence-electron chi connectivity index (χ0n) is 20.3. The van der Waals surface area contributed by atoms with Crippen LogP contribution in [0.3, 0.4) is 0 Å². The van der Waals surface area contributed by atoms with Gasteiger partial charge in [0.05, 0.1) is 11.2 Å². The average molecular weight is 436 g/mol. The highest BCUT2D eigenvalue weighted by Crippen LogP contribution is 2.60. The SMILES string of the molecule is CC[C@H](CC[C@@H]1CCC=C2C=C3CCC(N(C)C)C[C@]34CC[C@@]21O4)NCc1cccnc1. The molecule has 1 unspecified atom stereocenters. The van der Waals surface area contributed by atoms with Gasteiger partial charge < -0.3 is 15.0 Å². The molecular formula is C28H41N3O. The molecular weight excluding hydrogens is 394 g/mol. The van der Waals surface area contributed by atoms with Crippen molar-refractivity contribution in [3.05, 3.63) is 53.4 Å². The van der Waals surface area contributed by atoms with Crippen LogP contribution in [0.1, 0.15) is 76.7 Å². The standard InChI is InChI=1S/C28H41N3O/c1-4-25(30-20-21-7-6-16-29-19-21)12-10-22-8-5-9-24-17-23-11-13-26(31(2)3)18-27(23)14-15-28(22,24)32-27/h6-7,9,16-17,19,22,25-26,30H,4-5,8,10-15,18,20H2,1-3H3/t22-,25+,26?,27+,28-/m0/s1. The number of rotatable bonds is 8. The van der Waals surface area contributed by atoms with Gasteiger partial charge in [-0.15, -0.1) is 0 Å². The summed E-state index contributed by atoms with van der Waals surface area (Å²) < 4.78 is 7.28. The maximum atomic E-state index is 7.28. The van der Waals surface area contributed by atoms with Crippen LogP contribution in [-0.4, -0.2) is 47.3 Å². The van der Waals surface area contributed by atoms with Gasteiger partial charge in [-0.3, -0.25) is 4.98 Å². The van der Waals surface area contributed by atoms with E-state index in [1.165, 1.54) is 75.3 Å². The molecule has 2 aliphatic carbocycles. The molecule has 1 saturated heterocycles. The van der Waals surface area contributed by atoms with Crippen molar-refractivity contribution in [2.45, 2.75) is 101 Å². The van der Waals surface area contributed by atoms with E-state index in [2.05, 4.69) is 54.4 Å². The molecule has 1 N–H and O–H groups in total. The summed E-state index contributed by atoms with van der Waals surface area (Å²) in [7, 11) is 4.48. The summed E-state index contributed by atoms with van der Waals surface area (Å²) in [6, 6.07) is 5.39. The quantitative estimate of drug-likeness (QED) is 0.592. The lowest BCUT2D eigenvalue weighted by Gasteiger charge is -2.51. The summed E-state index contributed by atoms with van der Waals surface area (Å²) in [6.45, 7) is 3.22. The van der Waals surface area contributed by atoms with Gasteiger partial charge in [-0.25, -0.2) is 0 Å². The van der Waals surface area contributed by atoms with Crippen LogP contribution in [0.25, 0.3) is 0 Å². The fraction of sp³-hybridized carbons (Fsp3) is 0.679. The molecule has 5 atom stereocenters. The smallest absolute Gasteiger partial charge is 0.0969 e. The third-order valence-electron chi connectivity index (χ3n) is 8.94. The molecule has 174 valence electrons. The van der Waals surface area contributed by atoms with E-state index in [0.717, 1.165) is 6.54 Å². The molecule has 5 rings (SSSR count). The molecule has 2 fully saturated rings. The van der Waals surface area contributed by atoms with Crippen molar-refractivity contribution in [1.82, 2.24) is 15.2 Å². The van der Waals surface area contributed by atoms with E-state index < -0.39 is 0 Å². The topological polar surface area (TPSA) is 37.4 Å². The van der Waals surface area contributed by atoms with Gasteiger partial charge in [0.15, 0.2) is 0 Å². The zero-order valence-corrected chi connectivity index (χ0v) is 20.3. The Kier molecular flexibility index (Phi) is 6.30. The minimum Gasteiger partial charge on any atom is -0.359 e. The highest BCUT2D eigenvalue weighted by molar-refractivity contribution is 5.45. The Morgan fingerprint density at radius 3 is 2.97 bits per heavy atom. The third-order valence-corrected chi connectivity index (χ3v) is 8.94. The Balaban J connectivity index is 1.27. The number of aromatic nitrogens is 1. The maximum absolute atomic E-state index is 7.28. The number of hydrogen-bond donors (Lipinski definition) is 1. The molecule has 32 heavy (non-hydrogen) atoms. The Bertz CT molecular complexity index is 863. The first-order valence-electron chi connectivity index (χ1n) is 13.0. The number of nitrogens with zero attached hydrogens (tertiary/aromatic N) is 2. The minimum absolute atomic E-state index is 0.0163. The molecule has 4 nitrogen and oxygen atoms in total. The van der Waals surface area contributed by atoms with Crippen molar-refractivity contribution in [3.8, 4) is 0 Å². The van der Waals surface area contributed by atoms with Crippen molar-refractivity contribution in [3.63, 3.8) is 0 Å². The summed E-state index contributed by atoms with van der Waals surface area (Å²) in [6.07, 6.45) is 21.1. The molecule has 4 aliphatic rings. The predicted octanol–water partition coefficient (Wildman–Crippen LogP) is 5.41. The molecule has 2 bridgehead atoms. The first kappa shape index (κ1) is 22.3. The lowest BCUT2D eigenvalue weighted by Crippen LogP contribution is -2.52. The van der Waals surface area contributed by atoms with Crippen LogP contribution >= 0.6 is 0 Å². The minimum atomic E-state index is -0.0163. The lowest BCUT2D eigenvalue weighted by atomic mass is 9.69. The molecule has 0 aromatic carbocycles. The molecule has 0 amide bonds. The van der Waals surface area contributed by atoms with Gasteiger partial charge in [0, 0.05) is 31.0 Å². The van der Waals surface area contributed by atoms with Crippen molar-refractivity contribution in [2.24, 2.45) is 5.92 Å². The van der Waals surface area contributed by atoms with Gasteiger partial charge in [-0.1, -0.05) is 25.1 Å². The number of allylic oxidation sites excluding steroid dienone is 1. The highest BCUT2D eigenvalue weighted by atomic mass is 16.5. The van der Waals surface area contributed by atoms with Crippen molar-refractivity contribution < 1.29 is 4.74 Å². The Hall–Kier alpha value is -1.49. The molecule has 4 heteroatoms. The van der Waals surface area contributed by atoms with Gasteiger partial charge in [0.1, 0.15) is 0 Å². The van der Waals surface area contributed by atoms with Gasteiger partial charge in [0.25, 0.3) is 0 Å². The maximum Gasteiger partial charge on any atom is 0.0969 e. The summed E-state index contributed by atoms with van der Waals surface area (Å²) in [5, 5.41) is 3.79. The fourth-order valence-corrected chi connectivity index (χ4v) is 6.95. The van der Waals surface area contributed by atoms with E-state index in [0.29, 0.717) is 18.0 Å². The van der Waals surface area contributed by atoms with E-state index in [9.17, 15) is 0 Å². The van der Waals surface area contributed by atoms with Crippen molar-refractivity contribution in [2.75, 3.05) is 14.1 Å². The van der Waals surface area contributed by atoms with Gasteiger partial charge >= 0.3 is 0 Å². The van der Waals surface area contributed by atoms with Gasteiger partial charge in [0.2, 0.25) is 0 Å². The monoisotopic (exact) mass is 435 g/mol. The first-order chi connectivity index (χ1) is 15.5. The molecule has 2 spiro atoms. The number of hydrogen-bond acceptors (Lipinski definition) is 4. The largest absolute Gasteiger partial charge is 0.359 e. The van der Waals surface area contributed by atoms with Crippen LogP contribution in [0.5, 0.6) is 0 Å². The zero-order chi connectivity index (χ0) is 22.2. The van der Waals surface area contributed by atoms with Crippen LogP contribution in [0.15, 0.2) is 47.8 Å². The van der Waals surface area contributed by atoms with Crippen LogP contribution in [0.2, 0.25) is 0 Å². The van der Waals surface area contributed by atoms with E-state index in [1.807, 2.05) is 18.5 Å². The Labute approximate surface area is 194 Å². The van der Waals surface area contributed by atoms with Crippen LogP contribution in [0.4, 0.5) is 0 Å². The second-order valence-electron chi connectivity index (χ2n) is 10.9. The summed E-state index contributed by atoms with van der Waals surface area (Å²) in [5.74, 6) is 0.647. The number of ether oxygens (including phenoxy) is 1. The van der Waals surface area contributed by atoms with Crippen molar-refractivity contribution >= 4 is 0 Å². The normalized spacial score (nSPS) is 34.5. The molecule has 3 heterocycles. The number of pyridine rings is 1. The highest BCUT2D eigenvalue weighted by Gasteiger charge is 2.60. The van der Waals surface area contributed by atoms with Crippen LogP contribution < -0.4 is 5.32 Å². The second kappa shape index (κ2) is 9.04. The van der Waals surface area contributed by atoms with Crippen LogP contribution in [0, 0.1) is 5.92 Å². The Morgan fingerprint density at radius 1 is 1.28 bits per heavy atom. The van der Waals surface area contributed by atoms with Gasteiger partial charge in [-0.2, -0.15) is 0 Å². The first-order valence-corrected chi connectivity index (χ1v) is 13.0. The molecule has 1 saturated carbocycles. The third kappa shape index (κ3) is 3.99. The summed E-state index contributed by atoms with van der Waals surface area (Å²) >= 11 is 0. The van der Waals surface area contributed by atoms with E-state index in [4.69, 9.17) is 4.74 Å². The number of nitrogens with one attached hydrogen (secondary N) is 1. The van der Waals surface area contributed by atoms with Gasteiger partial charge in [-0.05, 0) is 107 Å². The Morgan fingerprint density at radius 2 is 2.19 bits per heavy atom. The molecule has 1 aromatic heterocycles. The molecule has 0 radical (unpaired) electrons. The van der Waals surface area contributed by atoms with E-state index >= 15 is 0 Å². The average Bonchev–Trinajstić information content (AvgIpc) is 3.11. The van der Waals surface area contributed by atoms with Crippen molar-refractivity contribution in [1.29, 1.82) is 0 Å². The lowest BCUT2D eigenvalue weighted by molar-refractivity contribution is -0.122. The van der Waals surface area contributed by atoms with E-state index in [-0.39, 0.29) is 11.2 Å².